The Bertz CT molecular complexity index is 1580. The maximum absolute atomic E-state index is 13.5. The minimum atomic E-state index is -4.89. The van der Waals surface area contributed by atoms with E-state index in [1.54, 1.807) is 42.5 Å². The van der Waals surface area contributed by atoms with E-state index < -0.39 is 26.7 Å². The summed E-state index contributed by atoms with van der Waals surface area (Å²) in [7, 11) is -0.905. The highest BCUT2D eigenvalue weighted by Crippen LogP contribution is 2.35. The molecule has 8 nitrogen and oxygen atoms in total. The summed E-state index contributed by atoms with van der Waals surface area (Å²) >= 11 is 6.24. The number of nitrogens with zero attached hydrogens (tertiary/aromatic N) is 3. The molecule has 1 N–H and O–H groups in total. The van der Waals surface area contributed by atoms with Crippen LogP contribution in [0.1, 0.15) is 11.1 Å². The first-order valence-electron chi connectivity index (χ1n) is 11.6. The number of benzene rings is 3. The highest BCUT2D eigenvalue weighted by molar-refractivity contribution is 7.92. The lowest BCUT2D eigenvalue weighted by Gasteiger charge is -2.16. The molecular formula is C26H24ClF3N4O4S. The largest absolute Gasteiger partial charge is 0.491 e. The zero-order valence-electron chi connectivity index (χ0n) is 20.9. The van der Waals surface area contributed by atoms with E-state index >= 15 is 0 Å². The molecule has 4 rings (SSSR count). The van der Waals surface area contributed by atoms with Crippen molar-refractivity contribution in [2.24, 2.45) is 0 Å². The highest BCUT2D eigenvalue weighted by atomic mass is 35.5. The van der Waals surface area contributed by atoms with Crippen LogP contribution in [0.3, 0.4) is 0 Å². The van der Waals surface area contributed by atoms with E-state index in [-0.39, 0.29) is 18.3 Å². The fourth-order valence-electron chi connectivity index (χ4n) is 3.51. The number of halogens is 4. The van der Waals surface area contributed by atoms with Gasteiger partial charge < -0.3 is 14.4 Å². The SMILES string of the molecule is CN(C)CCOc1cc(COc2nc3ccccc3nc2NS(=O)(=O)c2ccccc2C(F)(F)F)ccc1Cl. The van der Waals surface area contributed by atoms with Crippen LogP contribution in [0.25, 0.3) is 11.0 Å². The van der Waals surface area contributed by atoms with Crippen LogP contribution >= 0.6 is 11.6 Å². The third kappa shape index (κ3) is 7.08. The molecule has 0 saturated heterocycles. The Hall–Kier alpha value is -3.61. The van der Waals surface area contributed by atoms with Gasteiger partial charge in [0.15, 0.2) is 0 Å². The maximum Gasteiger partial charge on any atom is 0.417 e. The summed E-state index contributed by atoms with van der Waals surface area (Å²) in [5, 5.41) is 0.403. The van der Waals surface area contributed by atoms with Crippen molar-refractivity contribution in [1.29, 1.82) is 0 Å². The molecule has 3 aromatic carbocycles. The summed E-state index contributed by atoms with van der Waals surface area (Å²) in [5.74, 6) is -0.136. The van der Waals surface area contributed by atoms with Crippen LogP contribution < -0.4 is 14.2 Å². The van der Waals surface area contributed by atoms with Crippen LogP contribution in [0, 0.1) is 0 Å². The van der Waals surface area contributed by atoms with E-state index in [4.69, 9.17) is 21.1 Å². The summed E-state index contributed by atoms with van der Waals surface area (Å²) in [5.41, 5.74) is 0.0341. The fraction of sp³-hybridized carbons (Fsp3) is 0.231. The van der Waals surface area contributed by atoms with Crippen molar-refractivity contribution in [3.05, 3.63) is 82.9 Å². The van der Waals surface area contributed by atoms with Gasteiger partial charge in [0.2, 0.25) is 5.82 Å². The Kier molecular flexibility index (Phi) is 8.48. The first kappa shape index (κ1) is 28.4. The second-order valence-corrected chi connectivity index (χ2v) is 10.7. The van der Waals surface area contributed by atoms with Gasteiger partial charge in [-0.2, -0.15) is 13.2 Å². The van der Waals surface area contributed by atoms with Crippen LogP contribution in [0.15, 0.2) is 71.6 Å². The number of rotatable bonds is 10. The van der Waals surface area contributed by atoms with Crippen LogP contribution in [0.5, 0.6) is 11.6 Å². The predicted octanol–water partition coefficient (Wildman–Crippen LogP) is 5.62. The smallest absolute Gasteiger partial charge is 0.417 e. The second kappa shape index (κ2) is 11.6. The van der Waals surface area contributed by atoms with Gasteiger partial charge >= 0.3 is 6.18 Å². The average Bonchev–Trinajstić information content (AvgIpc) is 2.88. The number of hydrogen-bond donors (Lipinski definition) is 1. The average molecular weight is 581 g/mol. The monoisotopic (exact) mass is 580 g/mol. The molecule has 0 unspecified atom stereocenters. The number of para-hydroxylation sites is 2. The maximum atomic E-state index is 13.5. The Morgan fingerprint density at radius 3 is 2.31 bits per heavy atom. The minimum absolute atomic E-state index is 0.0813. The van der Waals surface area contributed by atoms with Crippen molar-refractivity contribution in [2.45, 2.75) is 17.7 Å². The summed E-state index contributed by atoms with van der Waals surface area (Å²) in [6, 6.07) is 15.5. The van der Waals surface area contributed by atoms with Crippen LogP contribution in [-0.4, -0.2) is 50.5 Å². The third-order valence-electron chi connectivity index (χ3n) is 5.42. The summed E-state index contributed by atoms with van der Waals surface area (Å²) < 4.78 is 80.4. The van der Waals surface area contributed by atoms with Gasteiger partial charge in [-0.25, -0.2) is 18.4 Å². The summed E-state index contributed by atoms with van der Waals surface area (Å²) in [6.07, 6.45) is -4.89. The van der Waals surface area contributed by atoms with Gasteiger partial charge in [-0.1, -0.05) is 41.9 Å². The molecule has 1 aromatic heterocycles. The lowest BCUT2D eigenvalue weighted by Crippen LogP contribution is -2.20. The van der Waals surface area contributed by atoms with Gasteiger partial charge in [0.05, 0.1) is 26.5 Å². The van der Waals surface area contributed by atoms with Crippen molar-refractivity contribution >= 4 is 38.5 Å². The van der Waals surface area contributed by atoms with Crippen molar-refractivity contribution in [3.8, 4) is 11.6 Å². The molecule has 0 aliphatic carbocycles. The lowest BCUT2D eigenvalue weighted by atomic mass is 10.2. The molecule has 0 aliphatic rings. The van der Waals surface area contributed by atoms with Crippen molar-refractivity contribution in [1.82, 2.24) is 14.9 Å². The predicted molar refractivity (Wildman–Crippen MR) is 142 cm³/mol. The van der Waals surface area contributed by atoms with Gasteiger partial charge in [0.25, 0.3) is 15.9 Å². The van der Waals surface area contributed by atoms with Crippen LogP contribution in [0.4, 0.5) is 19.0 Å². The number of alkyl halides is 3. The Morgan fingerprint density at radius 1 is 0.949 bits per heavy atom. The van der Waals surface area contributed by atoms with E-state index in [1.165, 1.54) is 6.07 Å². The molecular weight excluding hydrogens is 557 g/mol. The lowest BCUT2D eigenvalue weighted by molar-refractivity contribution is -0.139. The van der Waals surface area contributed by atoms with Gasteiger partial charge in [-0.15, -0.1) is 0 Å². The van der Waals surface area contributed by atoms with Crippen LogP contribution in [0.2, 0.25) is 5.02 Å². The quantitative estimate of drug-likeness (QED) is 0.260. The van der Waals surface area contributed by atoms with E-state index in [0.29, 0.717) is 46.6 Å². The molecule has 0 atom stereocenters. The minimum Gasteiger partial charge on any atom is -0.491 e. The zero-order valence-corrected chi connectivity index (χ0v) is 22.4. The number of sulfonamides is 1. The zero-order chi connectivity index (χ0) is 28.2. The highest BCUT2D eigenvalue weighted by Gasteiger charge is 2.37. The van der Waals surface area contributed by atoms with Crippen LogP contribution in [-0.2, 0) is 22.8 Å². The summed E-state index contributed by atoms with van der Waals surface area (Å²) in [6.45, 7) is 0.991. The Labute approximate surface area is 228 Å². The number of ether oxygens (including phenoxy) is 2. The number of aromatic nitrogens is 2. The van der Waals surface area contributed by atoms with Gasteiger partial charge in [-0.3, -0.25) is 4.72 Å². The molecule has 0 aliphatic heterocycles. The molecule has 0 bridgehead atoms. The molecule has 0 amide bonds. The molecule has 4 aromatic rings. The molecule has 0 radical (unpaired) electrons. The molecule has 0 fully saturated rings. The number of hydrogen-bond acceptors (Lipinski definition) is 7. The molecule has 0 spiro atoms. The number of likely N-dealkylation sites (N-methyl/N-ethyl adjacent to an activating group) is 1. The molecule has 39 heavy (non-hydrogen) atoms. The number of anilines is 1. The van der Waals surface area contributed by atoms with E-state index in [9.17, 15) is 21.6 Å². The Balaban J connectivity index is 1.64. The molecule has 206 valence electrons. The third-order valence-corrected chi connectivity index (χ3v) is 7.13. The second-order valence-electron chi connectivity index (χ2n) is 8.67. The normalized spacial score (nSPS) is 12.1. The fourth-order valence-corrected chi connectivity index (χ4v) is 4.91. The van der Waals surface area contributed by atoms with Crippen molar-refractivity contribution in [2.75, 3.05) is 32.0 Å². The van der Waals surface area contributed by atoms with Gasteiger partial charge in [-0.05, 0) is 56.1 Å². The van der Waals surface area contributed by atoms with E-state index in [0.717, 1.165) is 12.1 Å². The number of nitrogens with one attached hydrogen (secondary N) is 1. The van der Waals surface area contributed by atoms with E-state index in [1.807, 2.05) is 19.0 Å². The first-order valence-corrected chi connectivity index (χ1v) is 13.4. The first-order chi connectivity index (χ1) is 18.4. The molecule has 1 heterocycles. The van der Waals surface area contributed by atoms with Gasteiger partial charge in [0, 0.05) is 6.54 Å². The topological polar surface area (TPSA) is 93.7 Å². The van der Waals surface area contributed by atoms with Crippen molar-refractivity contribution < 1.29 is 31.1 Å². The molecule has 13 heteroatoms. The van der Waals surface area contributed by atoms with Gasteiger partial charge in [0.1, 0.15) is 19.0 Å². The van der Waals surface area contributed by atoms with Crippen molar-refractivity contribution in [3.63, 3.8) is 0 Å². The number of fused-ring (bicyclic) bond motifs is 1. The molecule has 0 saturated carbocycles. The Morgan fingerprint density at radius 2 is 1.62 bits per heavy atom. The standard InChI is InChI=1S/C26H24ClF3N4O4S/c1-34(2)13-14-37-22-15-17(11-12-19(22)27)16-38-25-24(31-20-8-4-5-9-21(20)32-25)33-39(35,36)23-10-6-3-7-18(23)26(28,29)30/h3-12,15H,13-14,16H2,1-2H3,(H,31,33). The summed E-state index contributed by atoms with van der Waals surface area (Å²) in [4.78, 5) is 9.63. The van der Waals surface area contributed by atoms with E-state index in [2.05, 4.69) is 14.7 Å².